The Morgan fingerprint density at radius 1 is 1.75 bits per heavy atom. The molecule has 90 valence electrons. The van der Waals surface area contributed by atoms with E-state index in [1.54, 1.807) is 14.0 Å². The normalized spacial score (nSPS) is 14.4. The van der Waals surface area contributed by atoms with Gasteiger partial charge in [0.05, 0.1) is 18.1 Å². The van der Waals surface area contributed by atoms with Gasteiger partial charge < -0.3 is 20.1 Å². The summed E-state index contributed by atoms with van der Waals surface area (Å²) in [5, 5.41) is 12.5. The predicted molar refractivity (Wildman–Crippen MR) is 58.0 cm³/mol. The summed E-state index contributed by atoms with van der Waals surface area (Å²) in [5.74, 6) is -0.282. The number of rotatable bonds is 6. The maximum atomic E-state index is 11.5. The van der Waals surface area contributed by atoms with Crippen LogP contribution in [0.5, 0.6) is 0 Å². The SMILES string of the molecule is COCCC(C)(O)CNC(=O)c1cnc[nH]1. The summed E-state index contributed by atoms with van der Waals surface area (Å²) >= 11 is 0. The number of nitrogens with zero attached hydrogens (tertiary/aromatic N) is 1. The Labute approximate surface area is 94.0 Å². The first-order chi connectivity index (χ1) is 7.55. The number of hydrogen-bond acceptors (Lipinski definition) is 4. The van der Waals surface area contributed by atoms with E-state index in [0.29, 0.717) is 18.7 Å². The molecule has 0 bridgehead atoms. The van der Waals surface area contributed by atoms with E-state index in [1.807, 2.05) is 0 Å². The van der Waals surface area contributed by atoms with E-state index < -0.39 is 5.60 Å². The lowest BCUT2D eigenvalue weighted by atomic mass is 10.0. The highest BCUT2D eigenvalue weighted by molar-refractivity contribution is 5.91. The molecule has 1 atom stereocenters. The minimum absolute atomic E-state index is 0.175. The molecule has 0 saturated carbocycles. The van der Waals surface area contributed by atoms with Crippen LogP contribution >= 0.6 is 0 Å². The van der Waals surface area contributed by atoms with E-state index in [9.17, 15) is 9.90 Å². The van der Waals surface area contributed by atoms with Crippen molar-refractivity contribution in [3.63, 3.8) is 0 Å². The van der Waals surface area contributed by atoms with Crippen LogP contribution in [0.1, 0.15) is 23.8 Å². The van der Waals surface area contributed by atoms with Gasteiger partial charge in [0.25, 0.3) is 5.91 Å². The summed E-state index contributed by atoms with van der Waals surface area (Å²) in [5.41, 5.74) is -0.589. The van der Waals surface area contributed by atoms with Crippen LogP contribution < -0.4 is 5.32 Å². The molecule has 6 nitrogen and oxygen atoms in total. The second kappa shape index (κ2) is 5.62. The Balaban J connectivity index is 2.36. The van der Waals surface area contributed by atoms with Gasteiger partial charge in [-0.25, -0.2) is 4.98 Å². The first-order valence-corrected chi connectivity index (χ1v) is 5.03. The van der Waals surface area contributed by atoms with Crippen molar-refractivity contribution in [2.75, 3.05) is 20.3 Å². The number of H-pyrrole nitrogens is 1. The number of ether oxygens (including phenoxy) is 1. The predicted octanol–water partition coefficient (Wildman–Crippen LogP) is -0.0730. The molecule has 1 heterocycles. The lowest BCUT2D eigenvalue weighted by molar-refractivity contribution is 0.0243. The fourth-order valence-electron chi connectivity index (χ4n) is 1.16. The molecule has 0 aliphatic rings. The van der Waals surface area contributed by atoms with Gasteiger partial charge in [0.2, 0.25) is 0 Å². The van der Waals surface area contributed by atoms with Crippen LogP contribution in [0.4, 0.5) is 0 Å². The van der Waals surface area contributed by atoms with Crippen LogP contribution in [-0.4, -0.2) is 46.8 Å². The first kappa shape index (κ1) is 12.7. The van der Waals surface area contributed by atoms with Crippen molar-refractivity contribution in [3.8, 4) is 0 Å². The number of carbonyl (C=O) groups excluding carboxylic acids is 1. The summed E-state index contributed by atoms with van der Waals surface area (Å²) in [6.07, 6.45) is 3.32. The number of aliphatic hydroxyl groups is 1. The molecule has 0 spiro atoms. The van der Waals surface area contributed by atoms with Gasteiger partial charge in [-0.2, -0.15) is 0 Å². The minimum atomic E-state index is -0.967. The van der Waals surface area contributed by atoms with E-state index in [4.69, 9.17) is 4.74 Å². The highest BCUT2D eigenvalue weighted by atomic mass is 16.5. The van der Waals surface area contributed by atoms with Crippen molar-refractivity contribution in [2.45, 2.75) is 18.9 Å². The number of methoxy groups -OCH3 is 1. The molecule has 1 unspecified atom stereocenters. The Morgan fingerprint density at radius 3 is 3.06 bits per heavy atom. The van der Waals surface area contributed by atoms with Crippen LogP contribution in [0, 0.1) is 0 Å². The molecule has 3 N–H and O–H groups in total. The molecule has 0 saturated heterocycles. The average molecular weight is 227 g/mol. The lowest BCUT2D eigenvalue weighted by Crippen LogP contribution is -2.41. The van der Waals surface area contributed by atoms with Gasteiger partial charge in [0.1, 0.15) is 5.69 Å². The Hall–Kier alpha value is -1.40. The fraction of sp³-hybridized carbons (Fsp3) is 0.600. The minimum Gasteiger partial charge on any atom is -0.388 e. The van der Waals surface area contributed by atoms with Crippen molar-refractivity contribution in [1.82, 2.24) is 15.3 Å². The third-order valence-corrected chi connectivity index (χ3v) is 2.22. The van der Waals surface area contributed by atoms with E-state index in [0.717, 1.165) is 0 Å². The first-order valence-electron chi connectivity index (χ1n) is 5.03. The number of hydrogen-bond donors (Lipinski definition) is 3. The van der Waals surface area contributed by atoms with Gasteiger partial charge >= 0.3 is 0 Å². The van der Waals surface area contributed by atoms with Gasteiger partial charge in [-0.05, 0) is 6.92 Å². The van der Waals surface area contributed by atoms with E-state index in [2.05, 4.69) is 15.3 Å². The zero-order chi connectivity index (χ0) is 12.0. The quantitative estimate of drug-likeness (QED) is 0.634. The molecular formula is C10H17N3O3. The fourth-order valence-corrected chi connectivity index (χ4v) is 1.16. The second-order valence-corrected chi connectivity index (χ2v) is 3.89. The summed E-state index contributed by atoms with van der Waals surface area (Å²) in [6.45, 7) is 2.28. The molecule has 6 heteroatoms. The summed E-state index contributed by atoms with van der Waals surface area (Å²) in [7, 11) is 1.57. The smallest absolute Gasteiger partial charge is 0.269 e. The van der Waals surface area contributed by atoms with Crippen molar-refractivity contribution in [2.24, 2.45) is 0 Å². The van der Waals surface area contributed by atoms with Gasteiger partial charge in [-0.1, -0.05) is 0 Å². The number of imidazole rings is 1. The largest absolute Gasteiger partial charge is 0.388 e. The van der Waals surface area contributed by atoms with Gasteiger partial charge in [0, 0.05) is 26.7 Å². The Bertz CT molecular complexity index is 322. The van der Waals surface area contributed by atoms with Crippen LogP contribution in [0.15, 0.2) is 12.5 Å². The summed E-state index contributed by atoms with van der Waals surface area (Å²) < 4.78 is 4.87. The van der Waals surface area contributed by atoms with Gasteiger partial charge in [-0.15, -0.1) is 0 Å². The summed E-state index contributed by atoms with van der Waals surface area (Å²) in [6, 6.07) is 0. The van der Waals surface area contributed by atoms with Crippen molar-refractivity contribution in [3.05, 3.63) is 18.2 Å². The van der Waals surface area contributed by atoms with Crippen molar-refractivity contribution >= 4 is 5.91 Å². The molecule has 1 aromatic rings. The standard InChI is InChI=1S/C10H17N3O3/c1-10(15,3-4-16-2)6-12-9(14)8-5-11-7-13-8/h5,7,15H,3-4,6H2,1-2H3,(H,11,13)(H,12,14). The number of aromatic nitrogens is 2. The van der Waals surface area contributed by atoms with Gasteiger partial charge in [0.15, 0.2) is 0 Å². The van der Waals surface area contributed by atoms with E-state index >= 15 is 0 Å². The second-order valence-electron chi connectivity index (χ2n) is 3.89. The molecule has 0 aliphatic carbocycles. The molecule has 0 fully saturated rings. The monoisotopic (exact) mass is 227 g/mol. The molecule has 0 aliphatic heterocycles. The summed E-state index contributed by atoms with van der Waals surface area (Å²) in [4.78, 5) is 17.9. The Kier molecular flexibility index (Phi) is 4.45. The van der Waals surface area contributed by atoms with Crippen LogP contribution in [0.2, 0.25) is 0 Å². The number of amides is 1. The Morgan fingerprint density at radius 2 is 2.50 bits per heavy atom. The van der Waals surface area contributed by atoms with Crippen molar-refractivity contribution < 1.29 is 14.6 Å². The van der Waals surface area contributed by atoms with Crippen molar-refractivity contribution in [1.29, 1.82) is 0 Å². The highest BCUT2D eigenvalue weighted by Gasteiger charge is 2.21. The third-order valence-electron chi connectivity index (χ3n) is 2.22. The molecule has 0 radical (unpaired) electrons. The van der Waals surface area contributed by atoms with Gasteiger partial charge in [-0.3, -0.25) is 4.79 Å². The topological polar surface area (TPSA) is 87.2 Å². The molecule has 1 aromatic heterocycles. The molecule has 1 rings (SSSR count). The third kappa shape index (κ3) is 4.00. The maximum absolute atomic E-state index is 11.5. The molecule has 1 amide bonds. The average Bonchev–Trinajstić information content (AvgIpc) is 2.77. The zero-order valence-electron chi connectivity index (χ0n) is 9.49. The number of nitrogens with one attached hydrogen (secondary N) is 2. The number of aromatic amines is 1. The lowest BCUT2D eigenvalue weighted by Gasteiger charge is -2.22. The van der Waals surface area contributed by atoms with E-state index in [-0.39, 0.29) is 12.5 Å². The highest BCUT2D eigenvalue weighted by Crippen LogP contribution is 2.07. The maximum Gasteiger partial charge on any atom is 0.269 e. The number of carbonyl (C=O) groups is 1. The van der Waals surface area contributed by atoms with Crippen LogP contribution in [0.25, 0.3) is 0 Å². The van der Waals surface area contributed by atoms with Crippen LogP contribution in [0.3, 0.4) is 0 Å². The zero-order valence-corrected chi connectivity index (χ0v) is 9.49. The van der Waals surface area contributed by atoms with E-state index in [1.165, 1.54) is 12.5 Å². The van der Waals surface area contributed by atoms with Crippen LogP contribution in [-0.2, 0) is 4.74 Å². The molecular weight excluding hydrogens is 210 g/mol. The molecule has 0 aromatic carbocycles. The molecule has 16 heavy (non-hydrogen) atoms.